The molecule has 115 valence electrons. The number of rotatable bonds is 3. The van der Waals surface area contributed by atoms with Gasteiger partial charge in [0.1, 0.15) is 0 Å². The molecule has 2 aromatic carbocycles. The lowest BCUT2D eigenvalue weighted by Gasteiger charge is -2.10. The predicted octanol–water partition coefficient (Wildman–Crippen LogP) is 4.97. The molecular weight excluding hydrogens is 300 g/mol. The quantitative estimate of drug-likeness (QED) is 0.507. The molecule has 4 heteroatoms. The Kier molecular flexibility index (Phi) is 3.43. The van der Waals surface area contributed by atoms with Gasteiger partial charge in [-0.25, -0.2) is 4.98 Å². The molecule has 1 aliphatic rings. The van der Waals surface area contributed by atoms with Gasteiger partial charge in [0.05, 0.1) is 16.1 Å². The number of allylic oxidation sites excluding steroid dienone is 4. The molecule has 0 N–H and O–H groups in total. The van der Waals surface area contributed by atoms with E-state index in [9.17, 15) is 10.1 Å². The third kappa shape index (κ3) is 2.48. The highest BCUT2D eigenvalue weighted by molar-refractivity contribution is 5.97. The van der Waals surface area contributed by atoms with Crippen LogP contribution in [-0.4, -0.2) is 9.91 Å². The molecule has 1 aliphatic carbocycles. The molecule has 1 heterocycles. The second kappa shape index (κ2) is 5.74. The molecule has 3 aromatic rings. The van der Waals surface area contributed by atoms with Gasteiger partial charge in [-0.15, -0.1) is 0 Å². The number of nitro benzene ring substituents is 1. The zero-order valence-electron chi connectivity index (χ0n) is 12.7. The Morgan fingerprint density at radius 3 is 2.67 bits per heavy atom. The first-order valence-corrected chi connectivity index (χ1v) is 7.59. The minimum atomic E-state index is -0.386. The Labute approximate surface area is 138 Å². The van der Waals surface area contributed by atoms with Gasteiger partial charge < -0.3 is 0 Å². The Bertz CT molecular complexity index is 1020. The number of benzene rings is 2. The fourth-order valence-electron chi connectivity index (χ4n) is 2.89. The summed E-state index contributed by atoms with van der Waals surface area (Å²) in [7, 11) is 0. The third-order valence-corrected chi connectivity index (χ3v) is 4.04. The fraction of sp³-hybridized carbons (Fsp3) is 0. The van der Waals surface area contributed by atoms with Crippen LogP contribution in [0.4, 0.5) is 5.69 Å². The summed E-state index contributed by atoms with van der Waals surface area (Å²) in [5.41, 5.74) is 4.60. The first kappa shape index (κ1) is 14.3. The Morgan fingerprint density at radius 2 is 1.88 bits per heavy atom. The molecule has 1 radical (unpaired) electrons. The van der Waals surface area contributed by atoms with Crippen LogP contribution in [0.15, 0.2) is 72.8 Å². The lowest BCUT2D eigenvalue weighted by Crippen LogP contribution is -1.93. The van der Waals surface area contributed by atoms with Crippen molar-refractivity contribution in [3.05, 3.63) is 94.9 Å². The highest BCUT2D eigenvalue weighted by atomic mass is 16.6. The lowest BCUT2D eigenvalue weighted by atomic mass is 9.99. The summed E-state index contributed by atoms with van der Waals surface area (Å²) < 4.78 is 0. The van der Waals surface area contributed by atoms with E-state index in [1.807, 2.05) is 48.9 Å². The van der Waals surface area contributed by atoms with Gasteiger partial charge in [-0.05, 0) is 23.3 Å². The van der Waals surface area contributed by atoms with E-state index in [1.54, 1.807) is 12.1 Å². The number of aromatic nitrogens is 1. The van der Waals surface area contributed by atoms with Crippen molar-refractivity contribution in [2.75, 3.05) is 0 Å². The van der Waals surface area contributed by atoms with Gasteiger partial charge in [0.15, 0.2) is 0 Å². The monoisotopic (exact) mass is 313 g/mol. The second-order valence-electron chi connectivity index (χ2n) is 5.55. The number of nitrogens with zero attached hydrogens (tertiary/aromatic N) is 2. The Morgan fingerprint density at radius 1 is 1.00 bits per heavy atom. The second-order valence-corrected chi connectivity index (χ2v) is 5.55. The molecule has 1 aromatic heterocycles. The number of fused-ring (bicyclic) bond motifs is 1. The largest absolute Gasteiger partial charge is 0.270 e. The summed E-state index contributed by atoms with van der Waals surface area (Å²) in [4.78, 5) is 15.3. The van der Waals surface area contributed by atoms with Crippen molar-refractivity contribution in [3.63, 3.8) is 0 Å². The minimum Gasteiger partial charge on any atom is -0.258 e. The number of hydrogen-bond acceptors (Lipinski definition) is 3. The normalized spacial score (nSPS) is 13.2. The average Bonchev–Trinajstić information content (AvgIpc) is 3.15. The molecule has 0 saturated heterocycles. The van der Waals surface area contributed by atoms with Crippen LogP contribution in [0.25, 0.3) is 27.7 Å². The van der Waals surface area contributed by atoms with Crippen LogP contribution < -0.4 is 0 Å². The standard InChI is InChI=1S/C20H13N2O2/c23-22(24)16-9-5-8-15(12-16)20-13-18(14-6-1-2-7-14)17-10-3-4-11-19(17)21-20/h1-13H. The van der Waals surface area contributed by atoms with Crippen LogP contribution in [0.3, 0.4) is 0 Å². The van der Waals surface area contributed by atoms with E-state index in [0.29, 0.717) is 0 Å². The van der Waals surface area contributed by atoms with Crippen LogP contribution in [0.5, 0.6) is 0 Å². The maximum atomic E-state index is 11.0. The Balaban J connectivity index is 1.95. The number of hydrogen-bond donors (Lipinski definition) is 0. The fourth-order valence-corrected chi connectivity index (χ4v) is 2.89. The van der Waals surface area contributed by atoms with Crippen LogP contribution in [-0.2, 0) is 0 Å². The summed E-state index contributed by atoms with van der Waals surface area (Å²) >= 11 is 0. The first-order chi connectivity index (χ1) is 11.7. The van der Waals surface area contributed by atoms with Crippen molar-refractivity contribution in [3.8, 4) is 11.3 Å². The number of nitro groups is 1. The number of non-ortho nitro benzene ring substituents is 1. The van der Waals surface area contributed by atoms with Crippen LogP contribution in [0.1, 0.15) is 5.56 Å². The van der Waals surface area contributed by atoms with Crippen molar-refractivity contribution in [2.45, 2.75) is 0 Å². The summed E-state index contributed by atoms with van der Waals surface area (Å²) in [6.07, 6.45) is 8.10. The van der Waals surface area contributed by atoms with Gasteiger partial charge in [-0.3, -0.25) is 10.1 Å². The highest BCUT2D eigenvalue weighted by Gasteiger charge is 2.13. The van der Waals surface area contributed by atoms with Crippen molar-refractivity contribution < 1.29 is 4.92 Å². The van der Waals surface area contributed by atoms with Gasteiger partial charge >= 0.3 is 0 Å². The van der Waals surface area contributed by atoms with Gasteiger partial charge in [-0.1, -0.05) is 48.6 Å². The van der Waals surface area contributed by atoms with Gasteiger partial charge in [0.2, 0.25) is 0 Å². The first-order valence-electron chi connectivity index (χ1n) is 7.59. The van der Waals surface area contributed by atoms with Gasteiger partial charge in [0.25, 0.3) is 5.69 Å². The SMILES string of the molecule is O=[N+]([O-])c1cccc(-c2cc(C3=C[CH]C=C3)c3ccccc3n2)c1. The molecule has 0 aliphatic heterocycles. The molecule has 0 unspecified atom stereocenters. The molecule has 4 rings (SSSR count). The molecule has 0 fully saturated rings. The summed E-state index contributed by atoms with van der Waals surface area (Å²) in [5.74, 6) is 0. The molecular formula is C20H13N2O2. The van der Waals surface area contributed by atoms with Gasteiger partial charge in [-0.2, -0.15) is 0 Å². The minimum absolute atomic E-state index is 0.0670. The van der Waals surface area contributed by atoms with E-state index in [2.05, 4.69) is 12.2 Å². The zero-order chi connectivity index (χ0) is 16.5. The van der Waals surface area contributed by atoms with Crippen molar-refractivity contribution in [1.82, 2.24) is 4.98 Å². The molecule has 0 saturated carbocycles. The van der Waals surface area contributed by atoms with Crippen molar-refractivity contribution >= 4 is 22.2 Å². The zero-order valence-corrected chi connectivity index (χ0v) is 12.7. The van der Waals surface area contributed by atoms with Crippen molar-refractivity contribution in [2.24, 2.45) is 0 Å². The predicted molar refractivity (Wildman–Crippen MR) is 95.3 cm³/mol. The van der Waals surface area contributed by atoms with Crippen molar-refractivity contribution in [1.29, 1.82) is 0 Å². The smallest absolute Gasteiger partial charge is 0.258 e. The molecule has 0 amide bonds. The number of para-hydroxylation sites is 1. The lowest BCUT2D eigenvalue weighted by molar-refractivity contribution is -0.384. The maximum Gasteiger partial charge on any atom is 0.270 e. The molecule has 4 nitrogen and oxygen atoms in total. The summed E-state index contributed by atoms with van der Waals surface area (Å²) in [6, 6.07) is 16.5. The van der Waals surface area contributed by atoms with Gasteiger partial charge in [0, 0.05) is 29.5 Å². The molecule has 0 bridgehead atoms. The van der Waals surface area contributed by atoms with Crippen LogP contribution >= 0.6 is 0 Å². The average molecular weight is 313 g/mol. The van der Waals surface area contributed by atoms with E-state index in [4.69, 9.17) is 4.98 Å². The topological polar surface area (TPSA) is 56.0 Å². The summed E-state index contributed by atoms with van der Waals surface area (Å²) in [6.45, 7) is 0. The molecule has 24 heavy (non-hydrogen) atoms. The third-order valence-electron chi connectivity index (χ3n) is 4.04. The van der Waals surface area contributed by atoms with E-state index in [-0.39, 0.29) is 10.6 Å². The van der Waals surface area contributed by atoms with Crippen LogP contribution in [0, 0.1) is 16.5 Å². The molecule has 0 spiro atoms. The van der Waals surface area contributed by atoms with E-state index < -0.39 is 0 Å². The molecule has 0 atom stereocenters. The van der Waals surface area contributed by atoms with E-state index in [0.717, 1.165) is 33.3 Å². The summed E-state index contributed by atoms with van der Waals surface area (Å²) in [5, 5.41) is 12.1. The maximum absolute atomic E-state index is 11.0. The van der Waals surface area contributed by atoms with Crippen LogP contribution in [0.2, 0.25) is 0 Å². The van der Waals surface area contributed by atoms with E-state index >= 15 is 0 Å². The number of pyridine rings is 1. The van der Waals surface area contributed by atoms with E-state index in [1.165, 1.54) is 6.07 Å². The highest BCUT2D eigenvalue weighted by Crippen LogP contribution is 2.32. The Hall–Kier alpha value is -3.27.